The highest BCUT2D eigenvalue weighted by atomic mass is 35.5. The van der Waals surface area contributed by atoms with Crippen LogP contribution in [0.2, 0.25) is 5.02 Å². The molecule has 0 radical (unpaired) electrons. The molecule has 2 amide bonds. The molecule has 0 aromatic heterocycles. The Bertz CT molecular complexity index is 517. The number of carbonyl (C=O) groups excluding carboxylic acids is 1. The molecule has 0 aliphatic carbocycles. The maximum atomic E-state index is 11.7. The zero-order valence-corrected chi connectivity index (χ0v) is 11.3. The van der Waals surface area contributed by atoms with Gasteiger partial charge in [-0.25, -0.2) is 14.6 Å². The molecule has 108 valence electrons. The van der Waals surface area contributed by atoms with Gasteiger partial charge in [0.05, 0.1) is 23.8 Å². The lowest BCUT2D eigenvalue weighted by Gasteiger charge is -2.26. The van der Waals surface area contributed by atoms with E-state index in [4.69, 9.17) is 21.4 Å². The molecule has 1 fully saturated rings. The molecule has 3 N–H and O–H groups in total. The average molecular weight is 300 g/mol. The summed E-state index contributed by atoms with van der Waals surface area (Å²) < 4.78 is 5.16. The van der Waals surface area contributed by atoms with Gasteiger partial charge in [0, 0.05) is 18.8 Å². The number of nitrogens with zero attached hydrogens (tertiary/aromatic N) is 1. The van der Waals surface area contributed by atoms with Gasteiger partial charge < -0.3 is 15.2 Å². The van der Waals surface area contributed by atoms with Crippen molar-refractivity contribution in [1.82, 2.24) is 10.4 Å². The zero-order chi connectivity index (χ0) is 14.5. The van der Waals surface area contributed by atoms with E-state index in [-0.39, 0.29) is 10.6 Å². The third kappa shape index (κ3) is 3.83. The fourth-order valence-corrected chi connectivity index (χ4v) is 2.01. The number of benzene rings is 1. The summed E-state index contributed by atoms with van der Waals surface area (Å²) in [6, 6.07) is 3.80. The number of rotatable bonds is 3. The summed E-state index contributed by atoms with van der Waals surface area (Å²) in [5.41, 5.74) is 3.08. The van der Waals surface area contributed by atoms with Crippen molar-refractivity contribution in [3.8, 4) is 0 Å². The summed E-state index contributed by atoms with van der Waals surface area (Å²) >= 11 is 5.82. The van der Waals surface area contributed by atoms with E-state index in [0.717, 1.165) is 0 Å². The third-order valence-electron chi connectivity index (χ3n) is 2.73. The van der Waals surface area contributed by atoms with Gasteiger partial charge in [0.25, 0.3) is 0 Å². The minimum atomic E-state index is -1.11. The first-order valence-corrected chi connectivity index (χ1v) is 6.37. The summed E-state index contributed by atoms with van der Waals surface area (Å²) in [6.45, 7) is 2.37. The maximum absolute atomic E-state index is 11.7. The van der Waals surface area contributed by atoms with E-state index in [1.54, 1.807) is 5.01 Å². The lowest BCUT2D eigenvalue weighted by Crippen LogP contribution is -2.49. The quantitative estimate of drug-likeness (QED) is 0.785. The second-order valence-corrected chi connectivity index (χ2v) is 4.57. The van der Waals surface area contributed by atoms with Gasteiger partial charge >= 0.3 is 12.0 Å². The van der Waals surface area contributed by atoms with Crippen molar-refractivity contribution in [1.29, 1.82) is 0 Å². The number of carbonyl (C=O) groups is 2. The van der Waals surface area contributed by atoms with Crippen molar-refractivity contribution in [3.63, 3.8) is 0 Å². The lowest BCUT2D eigenvalue weighted by atomic mass is 10.2. The summed E-state index contributed by atoms with van der Waals surface area (Å²) in [5, 5.41) is 13.3. The number of carboxylic acids is 1. The molecule has 0 unspecified atom stereocenters. The number of ether oxygens (including phenoxy) is 1. The molecule has 2 rings (SSSR count). The number of hydrogen-bond acceptors (Lipinski definition) is 4. The van der Waals surface area contributed by atoms with Gasteiger partial charge in [0.1, 0.15) is 0 Å². The molecule has 1 saturated heterocycles. The van der Waals surface area contributed by atoms with E-state index in [9.17, 15) is 9.59 Å². The Labute approximate surface area is 120 Å². The van der Waals surface area contributed by atoms with Crippen LogP contribution >= 0.6 is 11.6 Å². The minimum Gasteiger partial charge on any atom is -0.478 e. The van der Waals surface area contributed by atoms with Crippen LogP contribution in [-0.2, 0) is 4.74 Å². The predicted molar refractivity (Wildman–Crippen MR) is 73.0 cm³/mol. The van der Waals surface area contributed by atoms with E-state index < -0.39 is 12.0 Å². The number of halogens is 1. The number of hydrazine groups is 1. The van der Waals surface area contributed by atoms with Crippen LogP contribution in [0.25, 0.3) is 0 Å². The molecule has 0 atom stereocenters. The Balaban J connectivity index is 1.93. The fraction of sp³-hybridized carbons (Fsp3) is 0.333. The number of nitrogens with one attached hydrogen (secondary N) is 2. The SMILES string of the molecule is O=C(Nc1ccc(C(=O)O)c(Cl)c1)NN1CCOCC1. The van der Waals surface area contributed by atoms with Gasteiger partial charge in [-0.3, -0.25) is 5.43 Å². The molecular weight excluding hydrogens is 286 g/mol. The number of hydrogen-bond donors (Lipinski definition) is 3. The van der Waals surface area contributed by atoms with Crippen LogP contribution in [0.1, 0.15) is 10.4 Å². The molecule has 7 nitrogen and oxygen atoms in total. The summed E-state index contributed by atoms with van der Waals surface area (Å²) in [6.07, 6.45) is 0. The minimum absolute atomic E-state index is 0.00851. The van der Waals surface area contributed by atoms with Gasteiger partial charge in [-0.2, -0.15) is 0 Å². The number of amides is 2. The topological polar surface area (TPSA) is 90.9 Å². The first-order chi connectivity index (χ1) is 9.56. The largest absolute Gasteiger partial charge is 0.478 e. The summed E-state index contributed by atoms with van der Waals surface area (Å²) in [7, 11) is 0. The molecule has 1 aliphatic heterocycles. The Kier molecular flexibility index (Phi) is 4.78. The van der Waals surface area contributed by atoms with Gasteiger partial charge in [0.2, 0.25) is 0 Å². The highest BCUT2D eigenvalue weighted by molar-refractivity contribution is 6.33. The van der Waals surface area contributed by atoms with Crippen LogP contribution in [0.3, 0.4) is 0 Å². The Hall–Kier alpha value is -1.83. The zero-order valence-electron chi connectivity index (χ0n) is 10.6. The highest BCUT2D eigenvalue weighted by Gasteiger charge is 2.14. The van der Waals surface area contributed by atoms with Crippen LogP contribution in [0.15, 0.2) is 18.2 Å². The van der Waals surface area contributed by atoms with Crippen molar-refractivity contribution < 1.29 is 19.4 Å². The van der Waals surface area contributed by atoms with Gasteiger partial charge in [0.15, 0.2) is 0 Å². The Morgan fingerprint density at radius 3 is 2.60 bits per heavy atom. The first-order valence-electron chi connectivity index (χ1n) is 5.99. The van der Waals surface area contributed by atoms with Crippen molar-refractivity contribution in [2.24, 2.45) is 0 Å². The predicted octanol–water partition coefficient (Wildman–Crippen LogP) is 1.41. The Morgan fingerprint density at radius 2 is 2.00 bits per heavy atom. The first kappa shape index (κ1) is 14.6. The van der Waals surface area contributed by atoms with E-state index in [1.165, 1.54) is 18.2 Å². The number of carboxylic acid groups (broad SMARTS) is 1. The fourth-order valence-electron chi connectivity index (χ4n) is 1.74. The molecule has 0 bridgehead atoms. The maximum Gasteiger partial charge on any atom is 0.337 e. The molecule has 0 spiro atoms. The molecule has 0 saturated carbocycles. The van der Waals surface area contributed by atoms with Crippen molar-refractivity contribution in [3.05, 3.63) is 28.8 Å². The normalized spacial score (nSPS) is 15.7. The van der Waals surface area contributed by atoms with Crippen LogP contribution in [0.4, 0.5) is 10.5 Å². The Morgan fingerprint density at radius 1 is 1.30 bits per heavy atom. The number of anilines is 1. The van der Waals surface area contributed by atoms with Crippen molar-refractivity contribution >= 4 is 29.3 Å². The monoisotopic (exact) mass is 299 g/mol. The van der Waals surface area contributed by atoms with Crippen LogP contribution in [-0.4, -0.2) is 48.4 Å². The summed E-state index contributed by atoms with van der Waals surface area (Å²) in [4.78, 5) is 22.6. The molecule has 1 heterocycles. The van der Waals surface area contributed by atoms with Gasteiger partial charge in [-0.05, 0) is 18.2 Å². The number of aromatic carboxylic acids is 1. The molecule has 1 aliphatic rings. The van der Waals surface area contributed by atoms with Crippen LogP contribution in [0.5, 0.6) is 0 Å². The van der Waals surface area contributed by atoms with E-state index in [2.05, 4.69) is 10.7 Å². The molecule has 20 heavy (non-hydrogen) atoms. The number of urea groups is 1. The molecule has 1 aromatic carbocycles. The standard InChI is InChI=1S/C12H14ClN3O4/c13-10-7-8(1-2-9(10)11(17)18)14-12(19)15-16-3-5-20-6-4-16/h1-2,7H,3-6H2,(H,17,18)(H2,14,15,19). The lowest BCUT2D eigenvalue weighted by molar-refractivity contribution is 0.0207. The van der Waals surface area contributed by atoms with Gasteiger partial charge in [-0.1, -0.05) is 11.6 Å². The van der Waals surface area contributed by atoms with E-state index in [0.29, 0.717) is 32.0 Å². The molecule has 1 aromatic rings. The third-order valence-corrected chi connectivity index (χ3v) is 3.04. The number of morpholine rings is 1. The highest BCUT2D eigenvalue weighted by Crippen LogP contribution is 2.20. The van der Waals surface area contributed by atoms with Gasteiger partial charge in [-0.15, -0.1) is 0 Å². The van der Waals surface area contributed by atoms with E-state index in [1.807, 2.05) is 0 Å². The van der Waals surface area contributed by atoms with Crippen LogP contribution < -0.4 is 10.7 Å². The average Bonchev–Trinajstić information content (AvgIpc) is 2.39. The summed E-state index contributed by atoms with van der Waals surface area (Å²) in [5.74, 6) is -1.11. The smallest absolute Gasteiger partial charge is 0.337 e. The molecular formula is C12H14ClN3O4. The second-order valence-electron chi connectivity index (χ2n) is 4.17. The van der Waals surface area contributed by atoms with E-state index >= 15 is 0 Å². The second kappa shape index (κ2) is 6.56. The van der Waals surface area contributed by atoms with Crippen LogP contribution in [0, 0.1) is 0 Å². The molecule has 8 heteroatoms. The van der Waals surface area contributed by atoms with Crippen molar-refractivity contribution in [2.45, 2.75) is 0 Å². The van der Waals surface area contributed by atoms with Crippen molar-refractivity contribution in [2.75, 3.05) is 31.6 Å².